The number of aromatic nitrogens is 1. The molecule has 1 aliphatic heterocycles. The number of hydrogen-bond donors (Lipinski definition) is 1. The van der Waals surface area contributed by atoms with Gasteiger partial charge in [0, 0.05) is 36.3 Å². The van der Waals surface area contributed by atoms with Crippen LogP contribution in [0, 0.1) is 0 Å². The molecular weight excluding hydrogens is 370 g/mol. The van der Waals surface area contributed by atoms with Gasteiger partial charge in [0.05, 0.1) is 24.4 Å². The van der Waals surface area contributed by atoms with E-state index in [2.05, 4.69) is 83.0 Å². The number of ether oxygens (including phenoxy) is 1. The lowest BCUT2D eigenvalue weighted by Crippen LogP contribution is -2.37. The first-order valence-electron chi connectivity index (χ1n) is 10.8. The summed E-state index contributed by atoms with van der Waals surface area (Å²) in [6.45, 7) is 5.86. The molecule has 0 amide bonds. The summed E-state index contributed by atoms with van der Waals surface area (Å²) < 4.78 is 5.44. The zero-order valence-corrected chi connectivity index (χ0v) is 17.2. The minimum absolute atomic E-state index is 0.859. The summed E-state index contributed by atoms with van der Waals surface area (Å²) in [5.41, 5.74) is 4.34. The van der Waals surface area contributed by atoms with E-state index >= 15 is 0 Å². The SMILES string of the molecule is c1ccc2cc(-c3cc(NCCCN4CCOCC4)c4ccccc4n3)ccc2c1. The van der Waals surface area contributed by atoms with E-state index in [1.165, 1.54) is 16.2 Å². The minimum Gasteiger partial charge on any atom is -0.384 e. The van der Waals surface area contributed by atoms with Crippen molar-refractivity contribution in [1.29, 1.82) is 0 Å². The second kappa shape index (κ2) is 8.82. The van der Waals surface area contributed by atoms with Crippen molar-refractivity contribution in [3.8, 4) is 11.3 Å². The summed E-state index contributed by atoms with van der Waals surface area (Å²) in [6.07, 6.45) is 1.11. The van der Waals surface area contributed by atoms with E-state index in [4.69, 9.17) is 9.72 Å². The third-order valence-electron chi connectivity index (χ3n) is 5.83. The summed E-state index contributed by atoms with van der Waals surface area (Å²) >= 11 is 0. The van der Waals surface area contributed by atoms with Crippen LogP contribution in [0.25, 0.3) is 32.9 Å². The molecule has 4 heteroatoms. The van der Waals surface area contributed by atoms with Crippen molar-refractivity contribution in [1.82, 2.24) is 9.88 Å². The molecule has 0 atom stereocenters. The van der Waals surface area contributed by atoms with Crippen molar-refractivity contribution in [3.63, 3.8) is 0 Å². The molecule has 1 saturated heterocycles. The minimum atomic E-state index is 0.859. The molecule has 30 heavy (non-hydrogen) atoms. The van der Waals surface area contributed by atoms with Crippen LogP contribution < -0.4 is 5.32 Å². The third kappa shape index (κ3) is 4.16. The Morgan fingerprint density at radius 2 is 1.67 bits per heavy atom. The number of anilines is 1. The van der Waals surface area contributed by atoms with Crippen molar-refractivity contribution in [2.45, 2.75) is 6.42 Å². The summed E-state index contributed by atoms with van der Waals surface area (Å²) in [7, 11) is 0. The molecule has 0 aliphatic carbocycles. The average Bonchev–Trinajstić information content (AvgIpc) is 2.82. The van der Waals surface area contributed by atoms with Crippen LogP contribution in [0.15, 0.2) is 72.8 Å². The first-order valence-corrected chi connectivity index (χ1v) is 10.8. The molecule has 1 N–H and O–H groups in total. The van der Waals surface area contributed by atoms with E-state index in [0.717, 1.165) is 68.3 Å². The highest BCUT2D eigenvalue weighted by molar-refractivity contribution is 5.95. The maximum atomic E-state index is 5.44. The highest BCUT2D eigenvalue weighted by Crippen LogP contribution is 2.30. The Morgan fingerprint density at radius 3 is 2.57 bits per heavy atom. The average molecular weight is 398 g/mol. The van der Waals surface area contributed by atoms with Crippen LogP contribution in [0.1, 0.15) is 6.42 Å². The molecule has 5 rings (SSSR count). The maximum absolute atomic E-state index is 5.44. The predicted octanol–water partition coefficient (Wildman–Crippen LogP) is 5.19. The van der Waals surface area contributed by atoms with Gasteiger partial charge in [-0.05, 0) is 41.9 Å². The fourth-order valence-electron chi connectivity index (χ4n) is 4.17. The van der Waals surface area contributed by atoms with E-state index in [-0.39, 0.29) is 0 Å². The van der Waals surface area contributed by atoms with Crippen LogP contribution in [-0.2, 0) is 4.74 Å². The molecule has 1 fully saturated rings. The first kappa shape index (κ1) is 19.0. The van der Waals surface area contributed by atoms with Gasteiger partial charge in [-0.3, -0.25) is 4.90 Å². The van der Waals surface area contributed by atoms with Gasteiger partial charge >= 0.3 is 0 Å². The molecule has 4 nitrogen and oxygen atoms in total. The Labute approximate surface area is 177 Å². The van der Waals surface area contributed by atoms with Gasteiger partial charge in [0.15, 0.2) is 0 Å². The normalized spacial score (nSPS) is 14.9. The highest BCUT2D eigenvalue weighted by Gasteiger charge is 2.11. The van der Waals surface area contributed by atoms with Crippen molar-refractivity contribution in [3.05, 3.63) is 72.8 Å². The molecule has 0 spiro atoms. The van der Waals surface area contributed by atoms with Crippen molar-refractivity contribution in [2.75, 3.05) is 44.7 Å². The third-order valence-corrected chi connectivity index (χ3v) is 5.83. The lowest BCUT2D eigenvalue weighted by Gasteiger charge is -2.26. The molecule has 3 aromatic carbocycles. The van der Waals surface area contributed by atoms with Crippen LogP contribution in [0.3, 0.4) is 0 Å². The number of para-hydroxylation sites is 1. The maximum Gasteiger partial charge on any atom is 0.0730 e. The molecule has 1 aliphatic rings. The van der Waals surface area contributed by atoms with Crippen LogP contribution in [0.4, 0.5) is 5.69 Å². The fourth-order valence-corrected chi connectivity index (χ4v) is 4.17. The number of nitrogens with one attached hydrogen (secondary N) is 1. The highest BCUT2D eigenvalue weighted by atomic mass is 16.5. The first-order chi connectivity index (χ1) is 14.9. The Bertz CT molecular complexity index is 1150. The van der Waals surface area contributed by atoms with E-state index < -0.39 is 0 Å². The predicted molar refractivity (Wildman–Crippen MR) is 125 cm³/mol. The van der Waals surface area contributed by atoms with Crippen molar-refractivity contribution >= 4 is 27.4 Å². The van der Waals surface area contributed by atoms with Crippen LogP contribution in [0.5, 0.6) is 0 Å². The van der Waals surface area contributed by atoms with E-state index in [0.29, 0.717) is 0 Å². The second-order valence-electron chi connectivity index (χ2n) is 7.87. The number of pyridine rings is 1. The molecule has 0 unspecified atom stereocenters. The Kier molecular flexibility index (Phi) is 5.60. The van der Waals surface area contributed by atoms with Gasteiger partial charge in [0.2, 0.25) is 0 Å². The van der Waals surface area contributed by atoms with Crippen LogP contribution >= 0.6 is 0 Å². The molecule has 0 bridgehead atoms. The number of benzene rings is 3. The largest absolute Gasteiger partial charge is 0.384 e. The van der Waals surface area contributed by atoms with Gasteiger partial charge in [0.1, 0.15) is 0 Å². The molecule has 0 saturated carbocycles. The Morgan fingerprint density at radius 1 is 0.867 bits per heavy atom. The Hall–Kier alpha value is -2.95. The van der Waals surface area contributed by atoms with Gasteiger partial charge < -0.3 is 10.1 Å². The quantitative estimate of drug-likeness (QED) is 0.455. The topological polar surface area (TPSA) is 37.4 Å². The van der Waals surface area contributed by atoms with E-state index in [9.17, 15) is 0 Å². The summed E-state index contributed by atoms with van der Waals surface area (Å²) in [4.78, 5) is 7.43. The number of nitrogens with zero attached hydrogens (tertiary/aromatic N) is 2. The van der Waals surface area contributed by atoms with Crippen LogP contribution in [0.2, 0.25) is 0 Å². The van der Waals surface area contributed by atoms with Crippen LogP contribution in [-0.4, -0.2) is 49.3 Å². The number of hydrogen-bond acceptors (Lipinski definition) is 4. The van der Waals surface area contributed by atoms with E-state index in [1.807, 2.05) is 0 Å². The number of morpholine rings is 1. The van der Waals surface area contributed by atoms with Gasteiger partial charge in [0.25, 0.3) is 0 Å². The summed E-state index contributed by atoms with van der Waals surface area (Å²) in [5.74, 6) is 0. The molecule has 2 heterocycles. The number of fused-ring (bicyclic) bond motifs is 2. The molecular formula is C26H27N3O. The Balaban J connectivity index is 1.39. The summed E-state index contributed by atoms with van der Waals surface area (Å²) in [6, 6.07) is 25.6. The molecule has 1 aromatic heterocycles. The van der Waals surface area contributed by atoms with Gasteiger partial charge in [-0.25, -0.2) is 4.98 Å². The van der Waals surface area contributed by atoms with Crippen molar-refractivity contribution < 1.29 is 4.74 Å². The molecule has 4 aromatic rings. The van der Waals surface area contributed by atoms with Crippen molar-refractivity contribution in [2.24, 2.45) is 0 Å². The number of rotatable bonds is 6. The zero-order valence-electron chi connectivity index (χ0n) is 17.2. The van der Waals surface area contributed by atoms with Gasteiger partial charge in [-0.2, -0.15) is 0 Å². The second-order valence-corrected chi connectivity index (χ2v) is 7.87. The smallest absolute Gasteiger partial charge is 0.0730 e. The molecule has 0 radical (unpaired) electrons. The monoisotopic (exact) mass is 397 g/mol. The molecule has 152 valence electrons. The van der Waals surface area contributed by atoms with Gasteiger partial charge in [-0.15, -0.1) is 0 Å². The van der Waals surface area contributed by atoms with E-state index in [1.54, 1.807) is 0 Å². The standard InChI is InChI=1S/C26H27N3O/c1-2-7-21-18-22(11-10-20(21)6-1)25-19-26(23-8-3-4-9-24(23)28-25)27-12-5-13-29-14-16-30-17-15-29/h1-4,6-11,18-19H,5,12-17H2,(H,27,28). The summed E-state index contributed by atoms with van der Waals surface area (Å²) in [5, 5.41) is 7.35. The zero-order chi connectivity index (χ0) is 20.2. The lowest BCUT2D eigenvalue weighted by atomic mass is 10.0. The fraction of sp³-hybridized carbons (Fsp3) is 0.269. The van der Waals surface area contributed by atoms with Gasteiger partial charge in [-0.1, -0.05) is 54.6 Å². The lowest BCUT2D eigenvalue weighted by molar-refractivity contribution is 0.0378.